The number of nitrogens with zero attached hydrogens (tertiary/aromatic N) is 1. The van der Waals surface area contributed by atoms with Crippen molar-refractivity contribution in [2.24, 2.45) is 0 Å². The first-order chi connectivity index (χ1) is 12.2. The van der Waals surface area contributed by atoms with Gasteiger partial charge in [-0.05, 0) is 62.4 Å². The Balaban J connectivity index is 1.60. The average Bonchev–Trinajstić information content (AvgIpc) is 2.62. The molecular formula is C20H23N2O3+. The number of aromatic nitrogens is 1. The van der Waals surface area contributed by atoms with Gasteiger partial charge in [-0.25, -0.2) is 4.79 Å². The Bertz CT molecular complexity index is 769. The van der Waals surface area contributed by atoms with Crippen molar-refractivity contribution in [2.45, 2.75) is 39.2 Å². The molecule has 1 aliphatic rings. The molecular weight excluding hydrogens is 316 g/mol. The van der Waals surface area contributed by atoms with E-state index in [4.69, 9.17) is 4.74 Å². The molecule has 0 unspecified atom stereocenters. The number of esters is 1. The summed E-state index contributed by atoms with van der Waals surface area (Å²) in [6.45, 7) is 2.38. The van der Waals surface area contributed by atoms with Gasteiger partial charge in [0.2, 0.25) is 6.54 Å². The summed E-state index contributed by atoms with van der Waals surface area (Å²) in [6.07, 6.45) is 8.74. The first-order valence-corrected chi connectivity index (χ1v) is 8.73. The summed E-state index contributed by atoms with van der Waals surface area (Å²) in [4.78, 5) is 23.9. The summed E-state index contributed by atoms with van der Waals surface area (Å²) in [5.41, 5.74) is 3.89. The highest BCUT2D eigenvalue weighted by atomic mass is 16.5. The molecule has 1 aromatic carbocycles. The van der Waals surface area contributed by atoms with Gasteiger partial charge in [0.15, 0.2) is 12.4 Å². The van der Waals surface area contributed by atoms with Crippen molar-refractivity contribution in [3.63, 3.8) is 0 Å². The number of amides is 1. The SMILES string of the molecule is CCOC(=O)c1ccc(NC(=O)C[n+]2ccc3c(c2)CCCC3)cc1. The minimum atomic E-state index is -0.356. The number of hydrogen-bond acceptors (Lipinski definition) is 3. The monoisotopic (exact) mass is 339 g/mol. The molecule has 0 saturated carbocycles. The zero-order valence-corrected chi connectivity index (χ0v) is 14.5. The van der Waals surface area contributed by atoms with Crippen LogP contribution in [-0.4, -0.2) is 18.5 Å². The van der Waals surface area contributed by atoms with Crippen LogP contribution in [0.4, 0.5) is 5.69 Å². The zero-order chi connectivity index (χ0) is 17.6. The highest BCUT2D eigenvalue weighted by Gasteiger charge is 2.16. The molecule has 0 radical (unpaired) electrons. The molecule has 0 fully saturated rings. The molecule has 0 saturated heterocycles. The molecule has 25 heavy (non-hydrogen) atoms. The van der Waals surface area contributed by atoms with Gasteiger partial charge in [0.05, 0.1) is 12.2 Å². The molecule has 1 amide bonds. The van der Waals surface area contributed by atoms with Crippen LogP contribution >= 0.6 is 0 Å². The van der Waals surface area contributed by atoms with Crippen LogP contribution in [0, 0.1) is 0 Å². The van der Waals surface area contributed by atoms with Crippen molar-refractivity contribution < 1.29 is 18.9 Å². The number of nitrogens with one attached hydrogen (secondary N) is 1. The van der Waals surface area contributed by atoms with E-state index in [1.54, 1.807) is 31.2 Å². The van der Waals surface area contributed by atoms with Crippen molar-refractivity contribution in [1.82, 2.24) is 0 Å². The number of fused-ring (bicyclic) bond motifs is 1. The number of aryl methyl sites for hydroxylation is 2. The molecule has 130 valence electrons. The Morgan fingerprint density at radius 3 is 2.52 bits per heavy atom. The molecule has 0 atom stereocenters. The Kier molecular flexibility index (Phi) is 5.43. The molecule has 1 heterocycles. The molecule has 0 bridgehead atoms. The number of carbonyl (C=O) groups is 2. The topological polar surface area (TPSA) is 59.3 Å². The lowest BCUT2D eigenvalue weighted by molar-refractivity contribution is -0.684. The molecule has 1 aromatic heterocycles. The standard InChI is InChI=1S/C20H22N2O3/c1-2-25-20(24)16-7-9-18(10-8-16)21-19(23)14-22-12-11-15-5-3-4-6-17(15)13-22/h7-13H,2-6,14H2,1H3/p+1. The number of benzene rings is 1. The lowest BCUT2D eigenvalue weighted by atomic mass is 9.93. The molecule has 5 nitrogen and oxygen atoms in total. The van der Waals surface area contributed by atoms with Crippen molar-refractivity contribution in [3.8, 4) is 0 Å². The van der Waals surface area contributed by atoms with E-state index in [9.17, 15) is 9.59 Å². The predicted molar refractivity (Wildman–Crippen MR) is 94.3 cm³/mol. The number of hydrogen-bond donors (Lipinski definition) is 1. The molecule has 1 N–H and O–H groups in total. The fourth-order valence-electron chi connectivity index (χ4n) is 3.09. The van der Waals surface area contributed by atoms with Gasteiger partial charge in [-0.2, -0.15) is 4.57 Å². The fourth-order valence-corrected chi connectivity index (χ4v) is 3.09. The number of carbonyl (C=O) groups excluding carboxylic acids is 2. The number of pyridine rings is 1. The first kappa shape index (κ1) is 17.1. The van der Waals surface area contributed by atoms with Crippen molar-refractivity contribution in [1.29, 1.82) is 0 Å². The minimum Gasteiger partial charge on any atom is -0.462 e. The Morgan fingerprint density at radius 1 is 1.08 bits per heavy atom. The van der Waals surface area contributed by atoms with Gasteiger partial charge in [0.1, 0.15) is 0 Å². The second kappa shape index (κ2) is 7.92. The third-order valence-corrected chi connectivity index (χ3v) is 4.35. The van der Waals surface area contributed by atoms with Gasteiger partial charge in [0, 0.05) is 17.3 Å². The van der Waals surface area contributed by atoms with E-state index >= 15 is 0 Å². The zero-order valence-electron chi connectivity index (χ0n) is 14.5. The summed E-state index contributed by atoms with van der Waals surface area (Å²) in [7, 11) is 0. The van der Waals surface area contributed by atoms with Crippen LogP contribution in [0.25, 0.3) is 0 Å². The van der Waals surface area contributed by atoms with Gasteiger partial charge in [-0.15, -0.1) is 0 Å². The van der Waals surface area contributed by atoms with Crippen LogP contribution in [0.15, 0.2) is 42.7 Å². The molecule has 2 aromatic rings. The van der Waals surface area contributed by atoms with E-state index in [0.29, 0.717) is 17.9 Å². The molecule has 3 rings (SSSR count). The molecule has 0 aliphatic heterocycles. The van der Waals surface area contributed by atoms with Crippen LogP contribution in [0.1, 0.15) is 41.3 Å². The van der Waals surface area contributed by atoms with E-state index in [1.807, 2.05) is 10.8 Å². The van der Waals surface area contributed by atoms with Gasteiger partial charge in [-0.3, -0.25) is 4.79 Å². The molecule has 5 heteroatoms. The van der Waals surface area contributed by atoms with Crippen LogP contribution in [0.5, 0.6) is 0 Å². The van der Waals surface area contributed by atoms with Crippen molar-refractivity contribution in [2.75, 3.05) is 11.9 Å². The van der Waals surface area contributed by atoms with Gasteiger partial charge in [-0.1, -0.05) is 0 Å². The summed E-state index contributed by atoms with van der Waals surface area (Å²) in [5.74, 6) is -0.449. The smallest absolute Gasteiger partial charge is 0.338 e. The molecule has 1 aliphatic carbocycles. The lowest BCUT2D eigenvalue weighted by Gasteiger charge is -2.13. The maximum Gasteiger partial charge on any atom is 0.338 e. The van der Waals surface area contributed by atoms with Crippen LogP contribution in [0.2, 0.25) is 0 Å². The van der Waals surface area contributed by atoms with E-state index in [1.165, 1.54) is 24.0 Å². The first-order valence-electron chi connectivity index (χ1n) is 8.73. The number of rotatable bonds is 5. The number of ether oxygens (including phenoxy) is 1. The second-order valence-corrected chi connectivity index (χ2v) is 6.22. The largest absolute Gasteiger partial charge is 0.462 e. The maximum atomic E-state index is 12.2. The third kappa shape index (κ3) is 4.44. The Hall–Kier alpha value is -2.69. The summed E-state index contributed by atoms with van der Waals surface area (Å²) >= 11 is 0. The van der Waals surface area contributed by atoms with Gasteiger partial charge < -0.3 is 10.1 Å². The summed E-state index contributed by atoms with van der Waals surface area (Å²) in [6, 6.07) is 8.85. The Labute approximate surface area is 147 Å². The van der Waals surface area contributed by atoms with Crippen LogP contribution < -0.4 is 9.88 Å². The van der Waals surface area contributed by atoms with E-state index in [2.05, 4.69) is 17.6 Å². The fraction of sp³-hybridized carbons (Fsp3) is 0.350. The van der Waals surface area contributed by atoms with Crippen LogP contribution in [0.3, 0.4) is 0 Å². The molecule has 0 spiro atoms. The second-order valence-electron chi connectivity index (χ2n) is 6.22. The number of anilines is 1. The van der Waals surface area contributed by atoms with Gasteiger partial charge >= 0.3 is 5.97 Å². The summed E-state index contributed by atoms with van der Waals surface area (Å²) in [5, 5.41) is 2.86. The summed E-state index contributed by atoms with van der Waals surface area (Å²) < 4.78 is 6.87. The maximum absolute atomic E-state index is 12.2. The van der Waals surface area contributed by atoms with E-state index < -0.39 is 0 Å². The third-order valence-electron chi connectivity index (χ3n) is 4.35. The van der Waals surface area contributed by atoms with Crippen molar-refractivity contribution in [3.05, 3.63) is 59.4 Å². The van der Waals surface area contributed by atoms with Crippen LogP contribution in [-0.2, 0) is 28.9 Å². The highest BCUT2D eigenvalue weighted by Crippen LogP contribution is 2.18. The predicted octanol–water partition coefficient (Wildman–Crippen LogP) is 2.67. The van der Waals surface area contributed by atoms with Crippen molar-refractivity contribution >= 4 is 17.6 Å². The van der Waals surface area contributed by atoms with E-state index in [-0.39, 0.29) is 18.4 Å². The normalized spacial score (nSPS) is 13.0. The van der Waals surface area contributed by atoms with E-state index in [0.717, 1.165) is 12.8 Å². The minimum absolute atomic E-state index is 0.0929. The average molecular weight is 339 g/mol. The van der Waals surface area contributed by atoms with Gasteiger partial charge in [0.25, 0.3) is 5.91 Å². The quantitative estimate of drug-likeness (QED) is 0.673. The highest BCUT2D eigenvalue weighted by molar-refractivity contribution is 5.92. The Morgan fingerprint density at radius 2 is 1.80 bits per heavy atom. The lowest BCUT2D eigenvalue weighted by Crippen LogP contribution is -2.40.